The third-order valence-electron chi connectivity index (χ3n) is 6.32. The summed E-state index contributed by atoms with van der Waals surface area (Å²) < 4.78 is 2.40. The van der Waals surface area contributed by atoms with Crippen molar-refractivity contribution in [3.63, 3.8) is 0 Å². The molecule has 0 saturated carbocycles. The predicted octanol–water partition coefficient (Wildman–Crippen LogP) is 8.39. The second-order valence-electron chi connectivity index (χ2n) is 8.79. The molecule has 0 aliphatic heterocycles. The predicted molar refractivity (Wildman–Crippen MR) is 126 cm³/mol. The second kappa shape index (κ2) is 15.3. The molecular formula is C27H44N2. The highest BCUT2D eigenvalue weighted by atomic mass is 15.1. The van der Waals surface area contributed by atoms with Gasteiger partial charge in [-0.25, -0.2) is 4.98 Å². The molecule has 0 bridgehead atoms. The Kier molecular flexibility index (Phi) is 12.5. The number of unbranched alkanes of at least 4 members (excludes halogenated alkanes) is 9. The van der Waals surface area contributed by atoms with Crippen LogP contribution in [0, 0.1) is 5.92 Å². The van der Waals surface area contributed by atoms with Gasteiger partial charge in [0.15, 0.2) is 0 Å². The van der Waals surface area contributed by atoms with Gasteiger partial charge < -0.3 is 4.57 Å². The Bertz CT molecular complexity index is 590. The van der Waals surface area contributed by atoms with Crippen molar-refractivity contribution < 1.29 is 0 Å². The first-order chi connectivity index (χ1) is 14.3. The van der Waals surface area contributed by atoms with Gasteiger partial charge in [0.1, 0.15) is 0 Å². The monoisotopic (exact) mass is 396 g/mol. The lowest BCUT2D eigenvalue weighted by atomic mass is 9.84. The lowest BCUT2D eigenvalue weighted by Crippen LogP contribution is -2.21. The van der Waals surface area contributed by atoms with Crippen LogP contribution in [0.25, 0.3) is 0 Å². The number of imidazole rings is 1. The zero-order valence-corrected chi connectivity index (χ0v) is 19.1. The first-order valence-electron chi connectivity index (χ1n) is 12.4. The Hall–Kier alpha value is -1.57. The van der Waals surface area contributed by atoms with Crippen LogP contribution in [0.2, 0.25) is 0 Å². The highest BCUT2D eigenvalue weighted by Crippen LogP contribution is 2.32. The summed E-state index contributed by atoms with van der Waals surface area (Å²) in [5.74, 6) is 0.698. The number of benzene rings is 1. The molecule has 2 aromatic rings. The summed E-state index contributed by atoms with van der Waals surface area (Å²) in [5, 5.41) is 0. The van der Waals surface area contributed by atoms with E-state index in [0.29, 0.717) is 12.0 Å². The molecule has 0 radical (unpaired) electrons. The molecule has 1 aromatic carbocycles. The molecule has 2 nitrogen and oxygen atoms in total. The molecule has 0 amide bonds. The summed E-state index contributed by atoms with van der Waals surface area (Å²) in [6.07, 6.45) is 25.1. The van der Waals surface area contributed by atoms with Gasteiger partial charge in [-0.15, -0.1) is 0 Å². The zero-order valence-electron chi connectivity index (χ0n) is 19.1. The van der Waals surface area contributed by atoms with Gasteiger partial charge in [-0.2, -0.15) is 0 Å². The molecule has 0 N–H and O–H groups in total. The molecular weight excluding hydrogens is 352 g/mol. The Labute approximate surface area is 180 Å². The van der Waals surface area contributed by atoms with Gasteiger partial charge in [0.25, 0.3) is 0 Å². The molecule has 2 rings (SSSR count). The highest BCUT2D eigenvalue weighted by Gasteiger charge is 2.22. The maximum atomic E-state index is 4.38. The molecule has 0 saturated heterocycles. The normalized spacial score (nSPS) is 13.4. The van der Waals surface area contributed by atoms with Crippen molar-refractivity contribution >= 4 is 0 Å². The average Bonchev–Trinajstić information content (AvgIpc) is 3.28. The van der Waals surface area contributed by atoms with Gasteiger partial charge >= 0.3 is 0 Å². The van der Waals surface area contributed by atoms with Gasteiger partial charge in [0.2, 0.25) is 0 Å². The molecule has 29 heavy (non-hydrogen) atoms. The zero-order chi connectivity index (χ0) is 20.6. The molecule has 0 aliphatic carbocycles. The highest BCUT2D eigenvalue weighted by molar-refractivity contribution is 5.15. The van der Waals surface area contributed by atoms with Crippen molar-refractivity contribution in [2.75, 3.05) is 0 Å². The lowest BCUT2D eigenvalue weighted by molar-refractivity contribution is 0.275. The van der Waals surface area contributed by atoms with Gasteiger partial charge in [0.05, 0.1) is 6.33 Å². The van der Waals surface area contributed by atoms with Crippen LogP contribution in [0.15, 0.2) is 49.1 Å². The van der Waals surface area contributed by atoms with E-state index in [9.17, 15) is 0 Å². The summed E-state index contributed by atoms with van der Waals surface area (Å²) in [7, 11) is 0. The molecule has 2 atom stereocenters. The first kappa shape index (κ1) is 23.7. The first-order valence-corrected chi connectivity index (χ1v) is 12.4. The number of hydrogen-bond donors (Lipinski definition) is 0. The van der Waals surface area contributed by atoms with E-state index >= 15 is 0 Å². The van der Waals surface area contributed by atoms with Crippen molar-refractivity contribution in [1.82, 2.24) is 9.55 Å². The Morgan fingerprint density at radius 1 is 0.759 bits per heavy atom. The van der Waals surface area contributed by atoms with Crippen LogP contribution >= 0.6 is 0 Å². The average molecular weight is 397 g/mol. The van der Waals surface area contributed by atoms with E-state index in [1.54, 1.807) is 0 Å². The van der Waals surface area contributed by atoms with Crippen LogP contribution in [0.3, 0.4) is 0 Å². The molecule has 162 valence electrons. The Morgan fingerprint density at radius 3 is 2.03 bits per heavy atom. The minimum atomic E-state index is 0.578. The standard InChI is InChI=1S/C27H44N2/c1-3-5-7-9-10-11-15-19-26(23-25-17-13-12-14-18-25)27(20-16-8-6-4-2)29-22-21-28-24-29/h12-14,17-18,21-22,24,26-27H,3-11,15-16,19-20,23H2,1-2H3. The SMILES string of the molecule is CCCCCCCCCC(Cc1ccccc1)C(CCCCCC)n1ccnc1. The van der Waals surface area contributed by atoms with Crippen LogP contribution in [0.1, 0.15) is 109 Å². The van der Waals surface area contributed by atoms with E-state index in [1.165, 1.54) is 95.5 Å². The topological polar surface area (TPSA) is 17.8 Å². The van der Waals surface area contributed by atoms with Crippen LogP contribution < -0.4 is 0 Å². The molecule has 2 heteroatoms. The Morgan fingerprint density at radius 2 is 1.38 bits per heavy atom. The Balaban J connectivity index is 1.97. The number of nitrogens with zero attached hydrogens (tertiary/aromatic N) is 2. The molecule has 2 unspecified atom stereocenters. The maximum Gasteiger partial charge on any atom is 0.0948 e. The van der Waals surface area contributed by atoms with Crippen LogP contribution in [0.4, 0.5) is 0 Å². The van der Waals surface area contributed by atoms with Gasteiger partial charge in [0, 0.05) is 18.4 Å². The van der Waals surface area contributed by atoms with Crippen LogP contribution in [-0.4, -0.2) is 9.55 Å². The third-order valence-corrected chi connectivity index (χ3v) is 6.32. The summed E-state index contributed by atoms with van der Waals surface area (Å²) >= 11 is 0. The fourth-order valence-corrected chi connectivity index (χ4v) is 4.59. The van der Waals surface area contributed by atoms with Crippen LogP contribution in [0.5, 0.6) is 0 Å². The van der Waals surface area contributed by atoms with Crippen molar-refractivity contribution in [2.24, 2.45) is 5.92 Å². The van der Waals surface area contributed by atoms with Crippen molar-refractivity contribution in [3.8, 4) is 0 Å². The molecule has 0 aliphatic rings. The van der Waals surface area contributed by atoms with Crippen LogP contribution in [-0.2, 0) is 6.42 Å². The molecule has 1 aromatic heterocycles. The summed E-state index contributed by atoms with van der Waals surface area (Å²) in [4.78, 5) is 4.38. The molecule has 0 fully saturated rings. The summed E-state index contributed by atoms with van der Waals surface area (Å²) in [5.41, 5.74) is 1.49. The van der Waals surface area contributed by atoms with E-state index in [4.69, 9.17) is 0 Å². The lowest BCUT2D eigenvalue weighted by Gasteiger charge is -2.29. The quantitative estimate of drug-likeness (QED) is 0.245. The van der Waals surface area contributed by atoms with E-state index in [-0.39, 0.29) is 0 Å². The number of rotatable bonds is 17. The molecule has 0 spiro atoms. The van der Waals surface area contributed by atoms with Crippen molar-refractivity contribution in [1.29, 1.82) is 0 Å². The molecule has 1 heterocycles. The largest absolute Gasteiger partial charge is 0.334 e. The minimum Gasteiger partial charge on any atom is -0.334 e. The van der Waals surface area contributed by atoms with Crippen molar-refractivity contribution in [2.45, 2.75) is 110 Å². The summed E-state index contributed by atoms with van der Waals surface area (Å²) in [6, 6.07) is 11.7. The number of aromatic nitrogens is 2. The second-order valence-corrected chi connectivity index (χ2v) is 8.79. The van der Waals surface area contributed by atoms with Gasteiger partial charge in [-0.3, -0.25) is 0 Å². The van der Waals surface area contributed by atoms with Gasteiger partial charge in [-0.05, 0) is 30.7 Å². The minimum absolute atomic E-state index is 0.578. The van der Waals surface area contributed by atoms with E-state index in [2.05, 4.69) is 59.9 Å². The maximum absolute atomic E-state index is 4.38. The smallest absolute Gasteiger partial charge is 0.0948 e. The number of hydrogen-bond acceptors (Lipinski definition) is 1. The third kappa shape index (κ3) is 9.65. The van der Waals surface area contributed by atoms with E-state index in [1.807, 2.05) is 12.5 Å². The summed E-state index contributed by atoms with van der Waals surface area (Å²) in [6.45, 7) is 4.59. The van der Waals surface area contributed by atoms with E-state index in [0.717, 1.165) is 0 Å². The fraction of sp³-hybridized carbons (Fsp3) is 0.667. The van der Waals surface area contributed by atoms with Gasteiger partial charge in [-0.1, -0.05) is 115 Å². The van der Waals surface area contributed by atoms with Crippen molar-refractivity contribution in [3.05, 3.63) is 54.6 Å². The van der Waals surface area contributed by atoms with E-state index < -0.39 is 0 Å². The fourth-order valence-electron chi connectivity index (χ4n) is 4.59.